The van der Waals surface area contributed by atoms with Crippen LogP contribution in [0.1, 0.15) is 5.56 Å². The molecule has 0 saturated heterocycles. The van der Waals surface area contributed by atoms with E-state index in [-0.39, 0.29) is 5.75 Å². The summed E-state index contributed by atoms with van der Waals surface area (Å²) in [5.74, 6) is 1.07. The van der Waals surface area contributed by atoms with Crippen molar-refractivity contribution < 1.29 is 14.6 Å². The van der Waals surface area contributed by atoms with E-state index in [1.54, 1.807) is 13.2 Å². The van der Waals surface area contributed by atoms with E-state index in [2.05, 4.69) is 21.2 Å². The summed E-state index contributed by atoms with van der Waals surface area (Å²) < 4.78 is 11.1. The van der Waals surface area contributed by atoms with Crippen LogP contribution in [0.5, 0.6) is 11.5 Å². The highest BCUT2D eigenvalue weighted by atomic mass is 79.9. The number of hydrogen-bond acceptors (Lipinski definition) is 4. The number of hydrogen-bond donors (Lipinski definition) is 2. The third kappa shape index (κ3) is 4.95. The molecule has 2 aromatic rings. The lowest BCUT2D eigenvalue weighted by Gasteiger charge is -2.09. The first-order valence-electron chi connectivity index (χ1n) is 6.62. The third-order valence-corrected chi connectivity index (χ3v) is 3.55. The van der Waals surface area contributed by atoms with E-state index in [1.165, 1.54) is 0 Å². The molecule has 4 nitrogen and oxygen atoms in total. The Hall–Kier alpha value is -1.72. The van der Waals surface area contributed by atoms with E-state index in [0.29, 0.717) is 24.2 Å². The van der Waals surface area contributed by atoms with Crippen molar-refractivity contribution in [3.8, 4) is 11.5 Å². The molecule has 0 saturated carbocycles. The molecule has 0 aromatic heterocycles. The van der Waals surface area contributed by atoms with Crippen LogP contribution in [0.3, 0.4) is 0 Å². The van der Waals surface area contributed by atoms with Gasteiger partial charge in [-0.05, 0) is 57.9 Å². The van der Waals surface area contributed by atoms with Gasteiger partial charge in [0.2, 0.25) is 0 Å². The first kappa shape index (κ1) is 15.7. The van der Waals surface area contributed by atoms with Gasteiger partial charge in [0.1, 0.15) is 18.1 Å². The summed E-state index contributed by atoms with van der Waals surface area (Å²) in [5, 5.41) is 12.8. The number of methoxy groups -OCH3 is 1. The standard InChI is InChI=1S/C16H18BrNO3/c1-20-8-9-21-14-5-3-13(4-6-14)18-11-12-2-7-16(19)15(17)10-12/h2-7,10,18-19H,8-9,11H2,1H3. The van der Waals surface area contributed by atoms with Crippen molar-refractivity contribution in [2.75, 3.05) is 25.6 Å². The Balaban J connectivity index is 1.86. The average Bonchev–Trinajstić information content (AvgIpc) is 2.50. The summed E-state index contributed by atoms with van der Waals surface area (Å²) in [6, 6.07) is 13.2. The number of phenols is 1. The second kappa shape index (κ2) is 7.90. The zero-order chi connectivity index (χ0) is 15.1. The SMILES string of the molecule is COCCOc1ccc(NCc2ccc(O)c(Br)c2)cc1. The van der Waals surface area contributed by atoms with Gasteiger partial charge in [-0.3, -0.25) is 0 Å². The summed E-state index contributed by atoms with van der Waals surface area (Å²) in [6.45, 7) is 1.81. The monoisotopic (exact) mass is 351 g/mol. The van der Waals surface area contributed by atoms with E-state index < -0.39 is 0 Å². The Kier molecular flexibility index (Phi) is 5.90. The minimum absolute atomic E-state index is 0.247. The Morgan fingerprint density at radius 1 is 1.10 bits per heavy atom. The van der Waals surface area contributed by atoms with Gasteiger partial charge in [0.15, 0.2) is 0 Å². The number of phenolic OH excluding ortho intramolecular Hbond substituents is 1. The van der Waals surface area contributed by atoms with E-state index >= 15 is 0 Å². The molecule has 5 heteroatoms. The Bertz CT molecular complexity index is 572. The first-order valence-corrected chi connectivity index (χ1v) is 7.41. The predicted molar refractivity (Wildman–Crippen MR) is 86.9 cm³/mol. The highest BCUT2D eigenvalue weighted by Gasteiger charge is 2.00. The Morgan fingerprint density at radius 2 is 1.86 bits per heavy atom. The normalized spacial score (nSPS) is 10.4. The summed E-state index contributed by atoms with van der Waals surface area (Å²) in [5.41, 5.74) is 2.10. The molecule has 0 aliphatic heterocycles. The molecule has 21 heavy (non-hydrogen) atoms. The van der Waals surface area contributed by atoms with Crippen LogP contribution in [0.4, 0.5) is 5.69 Å². The van der Waals surface area contributed by atoms with Crippen LogP contribution in [0.2, 0.25) is 0 Å². The maximum atomic E-state index is 9.46. The van der Waals surface area contributed by atoms with Crippen molar-refractivity contribution in [1.82, 2.24) is 0 Å². The molecular formula is C16H18BrNO3. The van der Waals surface area contributed by atoms with Gasteiger partial charge in [-0.25, -0.2) is 0 Å². The molecule has 0 aliphatic carbocycles. The van der Waals surface area contributed by atoms with E-state index in [9.17, 15) is 5.11 Å². The fourth-order valence-electron chi connectivity index (χ4n) is 1.78. The van der Waals surface area contributed by atoms with Gasteiger partial charge in [0, 0.05) is 19.3 Å². The van der Waals surface area contributed by atoms with Crippen LogP contribution in [0.25, 0.3) is 0 Å². The maximum Gasteiger partial charge on any atom is 0.129 e. The quantitative estimate of drug-likeness (QED) is 0.745. The molecule has 2 rings (SSSR count). The van der Waals surface area contributed by atoms with Crippen molar-refractivity contribution >= 4 is 21.6 Å². The highest BCUT2D eigenvalue weighted by Crippen LogP contribution is 2.24. The summed E-state index contributed by atoms with van der Waals surface area (Å²) in [7, 11) is 1.65. The van der Waals surface area contributed by atoms with Gasteiger partial charge in [-0.2, -0.15) is 0 Å². The second-order valence-electron chi connectivity index (χ2n) is 4.50. The number of anilines is 1. The van der Waals surface area contributed by atoms with Crippen LogP contribution >= 0.6 is 15.9 Å². The Morgan fingerprint density at radius 3 is 2.52 bits per heavy atom. The van der Waals surface area contributed by atoms with Gasteiger partial charge in [-0.1, -0.05) is 6.07 Å². The number of benzene rings is 2. The van der Waals surface area contributed by atoms with Crippen molar-refractivity contribution in [3.05, 3.63) is 52.5 Å². The van der Waals surface area contributed by atoms with Crippen LogP contribution in [0.15, 0.2) is 46.9 Å². The lowest BCUT2D eigenvalue weighted by molar-refractivity contribution is 0.146. The van der Waals surface area contributed by atoms with Crippen LogP contribution in [-0.2, 0) is 11.3 Å². The van der Waals surface area contributed by atoms with Crippen molar-refractivity contribution in [2.24, 2.45) is 0 Å². The molecule has 0 atom stereocenters. The van der Waals surface area contributed by atoms with Crippen molar-refractivity contribution in [2.45, 2.75) is 6.54 Å². The lowest BCUT2D eigenvalue weighted by Crippen LogP contribution is -2.04. The average molecular weight is 352 g/mol. The molecule has 112 valence electrons. The van der Waals surface area contributed by atoms with Crippen molar-refractivity contribution in [1.29, 1.82) is 0 Å². The second-order valence-corrected chi connectivity index (χ2v) is 5.36. The topological polar surface area (TPSA) is 50.7 Å². The fraction of sp³-hybridized carbons (Fsp3) is 0.250. The summed E-state index contributed by atoms with van der Waals surface area (Å²) in [4.78, 5) is 0. The summed E-state index contributed by atoms with van der Waals surface area (Å²) in [6.07, 6.45) is 0. The predicted octanol–water partition coefficient (Wildman–Crippen LogP) is 3.79. The molecule has 0 fully saturated rings. The molecule has 0 heterocycles. The molecule has 2 N–H and O–H groups in total. The molecule has 0 bridgehead atoms. The molecule has 0 radical (unpaired) electrons. The van der Waals surface area contributed by atoms with E-state index in [1.807, 2.05) is 36.4 Å². The van der Waals surface area contributed by atoms with Gasteiger partial charge in [0.05, 0.1) is 11.1 Å². The van der Waals surface area contributed by atoms with E-state index in [4.69, 9.17) is 9.47 Å². The van der Waals surface area contributed by atoms with Gasteiger partial charge >= 0.3 is 0 Å². The molecule has 0 amide bonds. The zero-order valence-electron chi connectivity index (χ0n) is 11.8. The highest BCUT2D eigenvalue weighted by molar-refractivity contribution is 9.10. The maximum absolute atomic E-state index is 9.46. The minimum Gasteiger partial charge on any atom is -0.507 e. The fourth-order valence-corrected chi connectivity index (χ4v) is 2.20. The number of rotatable bonds is 7. The first-order chi connectivity index (χ1) is 10.2. The lowest BCUT2D eigenvalue weighted by atomic mass is 10.2. The number of halogens is 1. The number of nitrogens with one attached hydrogen (secondary N) is 1. The van der Waals surface area contributed by atoms with Crippen LogP contribution in [-0.4, -0.2) is 25.4 Å². The largest absolute Gasteiger partial charge is 0.507 e. The van der Waals surface area contributed by atoms with Crippen LogP contribution in [0, 0.1) is 0 Å². The molecule has 0 unspecified atom stereocenters. The van der Waals surface area contributed by atoms with Gasteiger partial charge in [-0.15, -0.1) is 0 Å². The zero-order valence-corrected chi connectivity index (χ0v) is 13.4. The number of ether oxygens (including phenoxy) is 2. The Labute approximate surface area is 132 Å². The van der Waals surface area contributed by atoms with Crippen molar-refractivity contribution in [3.63, 3.8) is 0 Å². The summed E-state index contributed by atoms with van der Waals surface area (Å²) >= 11 is 3.31. The molecule has 0 spiro atoms. The van der Waals surface area contributed by atoms with E-state index in [0.717, 1.165) is 17.0 Å². The van der Waals surface area contributed by atoms with Crippen LogP contribution < -0.4 is 10.1 Å². The number of aromatic hydroxyl groups is 1. The molecular weight excluding hydrogens is 334 g/mol. The third-order valence-electron chi connectivity index (χ3n) is 2.92. The molecule has 0 aliphatic rings. The minimum atomic E-state index is 0.247. The van der Waals surface area contributed by atoms with Gasteiger partial charge in [0.25, 0.3) is 0 Å². The van der Waals surface area contributed by atoms with Gasteiger partial charge < -0.3 is 19.9 Å². The molecule has 2 aromatic carbocycles. The smallest absolute Gasteiger partial charge is 0.129 e.